The molecule has 44 valence electrons. The van der Waals surface area contributed by atoms with E-state index < -0.39 is 0 Å². The fourth-order valence-corrected chi connectivity index (χ4v) is 1.83. The van der Waals surface area contributed by atoms with Crippen molar-refractivity contribution in [2.24, 2.45) is 5.41 Å². The van der Waals surface area contributed by atoms with Crippen molar-refractivity contribution in [2.75, 3.05) is 13.6 Å². The molecule has 0 aromatic heterocycles. The Hall–Kier alpha value is -0.300. The van der Waals surface area contributed by atoms with Gasteiger partial charge in [-0.15, -0.1) is 0 Å². The molecule has 2 atom stereocenters. The lowest BCUT2D eigenvalue weighted by Gasteiger charge is -2.57. The van der Waals surface area contributed by atoms with Gasteiger partial charge in [-0.3, -0.25) is 4.90 Å². The molecule has 2 rings (SSSR count). The highest BCUT2D eigenvalue weighted by Gasteiger charge is 2.48. The zero-order chi connectivity index (χ0) is 5.78. The minimum Gasteiger partial charge on any atom is -0.298 e. The van der Waals surface area contributed by atoms with E-state index in [4.69, 9.17) is 0 Å². The Bertz CT molecular complexity index is 150. The van der Waals surface area contributed by atoms with Crippen molar-refractivity contribution >= 4 is 0 Å². The summed E-state index contributed by atoms with van der Waals surface area (Å²) in [7, 11) is 2.18. The molecule has 1 nitrogen and oxygen atoms in total. The van der Waals surface area contributed by atoms with Crippen LogP contribution < -0.4 is 0 Å². The maximum absolute atomic E-state index is 2.38. The first kappa shape index (κ1) is 4.57. The molecule has 0 bridgehead atoms. The van der Waals surface area contributed by atoms with Crippen LogP contribution in [-0.2, 0) is 0 Å². The van der Waals surface area contributed by atoms with Gasteiger partial charge in [-0.1, -0.05) is 19.1 Å². The molecule has 1 saturated heterocycles. The fraction of sp³-hybridized carbons (Fsp3) is 0.714. The van der Waals surface area contributed by atoms with E-state index in [1.54, 1.807) is 0 Å². The Labute approximate surface area is 50.0 Å². The highest BCUT2D eigenvalue weighted by atomic mass is 15.2. The van der Waals surface area contributed by atoms with Gasteiger partial charge in [0, 0.05) is 18.0 Å². The zero-order valence-electron chi connectivity index (χ0n) is 5.39. The highest BCUT2D eigenvalue weighted by molar-refractivity contribution is 5.28. The van der Waals surface area contributed by atoms with Gasteiger partial charge in [0.15, 0.2) is 0 Å². The molecule has 1 heterocycles. The van der Waals surface area contributed by atoms with Gasteiger partial charge in [0.25, 0.3) is 0 Å². The van der Waals surface area contributed by atoms with Crippen LogP contribution in [0.3, 0.4) is 0 Å². The summed E-state index contributed by atoms with van der Waals surface area (Å²) in [6.07, 6.45) is 4.60. The first-order valence-electron chi connectivity index (χ1n) is 3.12. The second-order valence-electron chi connectivity index (χ2n) is 3.22. The van der Waals surface area contributed by atoms with E-state index in [1.807, 2.05) is 0 Å². The molecular weight excluding hydrogens is 98.1 g/mol. The van der Waals surface area contributed by atoms with Crippen LogP contribution in [0.25, 0.3) is 0 Å². The van der Waals surface area contributed by atoms with Crippen LogP contribution in [0, 0.1) is 5.41 Å². The molecule has 0 N–H and O–H groups in total. The van der Waals surface area contributed by atoms with Crippen molar-refractivity contribution in [3.05, 3.63) is 12.2 Å². The van der Waals surface area contributed by atoms with Gasteiger partial charge in [-0.05, 0) is 7.05 Å². The van der Waals surface area contributed by atoms with Crippen LogP contribution >= 0.6 is 0 Å². The lowest BCUT2D eigenvalue weighted by atomic mass is 9.66. The lowest BCUT2D eigenvalue weighted by Crippen LogP contribution is -2.63. The third-order valence-electron chi connectivity index (χ3n) is 2.40. The molecule has 0 spiro atoms. The van der Waals surface area contributed by atoms with Gasteiger partial charge < -0.3 is 0 Å². The maximum atomic E-state index is 2.38. The number of likely N-dealkylation sites (N-methyl/N-ethyl adjacent to an activating group) is 1. The van der Waals surface area contributed by atoms with E-state index in [2.05, 4.69) is 31.0 Å². The second-order valence-corrected chi connectivity index (χ2v) is 3.22. The van der Waals surface area contributed by atoms with E-state index in [-0.39, 0.29) is 0 Å². The van der Waals surface area contributed by atoms with Gasteiger partial charge in [-0.2, -0.15) is 0 Å². The minimum absolute atomic E-state index is 0.578. The van der Waals surface area contributed by atoms with Crippen LogP contribution in [0.2, 0.25) is 0 Å². The monoisotopic (exact) mass is 109 g/mol. The summed E-state index contributed by atoms with van der Waals surface area (Å²) in [5, 5.41) is 0. The number of hydrogen-bond acceptors (Lipinski definition) is 1. The summed E-state index contributed by atoms with van der Waals surface area (Å²) in [6.45, 7) is 3.58. The smallest absolute Gasteiger partial charge is 0.0376 e. The van der Waals surface area contributed by atoms with Crippen molar-refractivity contribution in [3.8, 4) is 0 Å². The zero-order valence-corrected chi connectivity index (χ0v) is 5.39. The third kappa shape index (κ3) is 0.294. The molecule has 0 aromatic rings. The molecule has 1 aliphatic heterocycles. The van der Waals surface area contributed by atoms with Crippen molar-refractivity contribution in [1.29, 1.82) is 0 Å². The Balaban J connectivity index is 2.22. The average Bonchev–Trinajstić information content (AvgIpc) is 1.64. The first-order chi connectivity index (χ1) is 3.72. The van der Waals surface area contributed by atoms with E-state index in [9.17, 15) is 0 Å². The standard InChI is InChI=1S/C7H11N/c1-7-4-3-6(7)8(2)5-7/h3-4,6H,5H2,1-2H3/t6?,7-/m0/s1. The predicted molar refractivity (Wildman–Crippen MR) is 33.7 cm³/mol. The van der Waals surface area contributed by atoms with Crippen molar-refractivity contribution in [3.63, 3.8) is 0 Å². The second kappa shape index (κ2) is 1.01. The normalized spacial score (nSPS) is 52.0. The van der Waals surface area contributed by atoms with Crippen molar-refractivity contribution in [1.82, 2.24) is 4.90 Å². The molecule has 0 amide bonds. The molecule has 1 unspecified atom stereocenters. The summed E-state index contributed by atoms with van der Waals surface area (Å²) in [6, 6.07) is 0.780. The Morgan fingerprint density at radius 1 is 1.75 bits per heavy atom. The lowest BCUT2D eigenvalue weighted by molar-refractivity contribution is 0.00229. The number of rotatable bonds is 0. The summed E-state index contributed by atoms with van der Waals surface area (Å²) >= 11 is 0. The van der Waals surface area contributed by atoms with Crippen LogP contribution in [0.5, 0.6) is 0 Å². The molecule has 0 radical (unpaired) electrons. The minimum atomic E-state index is 0.578. The van der Waals surface area contributed by atoms with Crippen molar-refractivity contribution in [2.45, 2.75) is 13.0 Å². The average molecular weight is 109 g/mol. The van der Waals surface area contributed by atoms with Crippen LogP contribution in [0.4, 0.5) is 0 Å². The summed E-state index contributed by atoms with van der Waals surface area (Å²) in [5.41, 5.74) is 0.578. The SMILES string of the molecule is CN1C[C@]2(C)C=CC12. The fourth-order valence-electron chi connectivity index (χ4n) is 1.83. The molecule has 8 heavy (non-hydrogen) atoms. The molecule has 0 saturated carbocycles. The Morgan fingerprint density at radius 2 is 2.50 bits per heavy atom. The molecule has 2 aliphatic rings. The predicted octanol–water partition coefficient (Wildman–Crippen LogP) is 0.877. The third-order valence-corrected chi connectivity index (χ3v) is 2.40. The van der Waals surface area contributed by atoms with Gasteiger partial charge in [0.05, 0.1) is 0 Å². The van der Waals surface area contributed by atoms with Crippen LogP contribution in [0.1, 0.15) is 6.92 Å². The Morgan fingerprint density at radius 3 is 2.50 bits per heavy atom. The van der Waals surface area contributed by atoms with Gasteiger partial charge in [0.1, 0.15) is 0 Å². The summed E-state index contributed by atoms with van der Waals surface area (Å²) < 4.78 is 0. The number of likely N-dealkylation sites (tertiary alicyclic amines) is 1. The quantitative estimate of drug-likeness (QED) is 0.417. The van der Waals surface area contributed by atoms with E-state index >= 15 is 0 Å². The van der Waals surface area contributed by atoms with Crippen molar-refractivity contribution < 1.29 is 0 Å². The molecule has 1 fully saturated rings. The number of fused-ring (bicyclic) bond motifs is 1. The van der Waals surface area contributed by atoms with Crippen LogP contribution in [-0.4, -0.2) is 24.5 Å². The largest absolute Gasteiger partial charge is 0.298 e. The first-order valence-corrected chi connectivity index (χ1v) is 3.12. The Kier molecular flexibility index (Phi) is 0.575. The molecule has 0 aromatic carbocycles. The van der Waals surface area contributed by atoms with Gasteiger partial charge >= 0.3 is 0 Å². The summed E-state index contributed by atoms with van der Waals surface area (Å²) in [4.78, 5) is 2.38. The maximum Gasteiger partial charge on any atom is 0.0376 e. The van der Waals surface area contributed by atoms with E-state index in [0.29, 0.717) is 5.41 Å². The van der Waals surface area contributed by atoms with E-state index in [1.165, 1.54) is 6.54 Å². The van der Waals surface area contributed by atoms with E-state index in [0.717, 1.165) is 6.04 Å². The number of hydrogen-bond donors (Lipinski definition) is 0. The molecule has 1 aliphatic carbocycles. The summed E-state index contributed by atoms with van der Waals surface area (Å²) in [5.74, 6) is 0. The topological polar surface area (TPSA) is 3.24 Å². The number of nitrogens with zero attached hydrogens (tertiary/aromatic N) is 1. The molecule has 1 heteroatoms. The van der Waals surface area contributed by atoms with Gasteiger partial charge in [-0.25, -0.2) is 0 Å². The molecular formula is C7H11N. The van der Waals surface area contributed by atoms with Gasteiger partial charge in [0.2, 0.25) is 0 Å². The highest BCUT2D eigenvalue weighted by Crippen LogP contribution is 2.45. The van der Waals surface area contributed by atoms with Crippen LogP contribution in [0.15, 0.2) is 12.2 Å².